The third-order valence-corrected chi connectivity index (χ3v) is 3.50. The Hall–Kier alpha value is -0.810. The van der Waals surface area contributed by atoms with Crippen LogP contribution in [0, 0.1) is 29.6 Å². The Morgan fingerprint density at radius 2 is 2.06 bits per heavy atom. The van der Waals surface area contributed by atoms with E-state index in [1.165, 1.54) is 6.92 Å². The summed E-state index contributed by atoms with van der Waals surface area (Å²) in [5.74, 6) is 6.24. The van der Waals surface area contributed by atoms with Crippen molar-refractivity contribution in [3.8, 4) is 11.8 Å². The highest BCUT2D eigenvalue weighted by Gasteiger charge is 2.41. The zero-order valence-corrected chi connectivity index (χ0v) is 10.7. The van der Waals surface area contributed by atoms with Gasteiger partial charge in [-0.05, 0) is 30.6 Å². The van der Waals surface area contributed by atoms with Crippen molar-refractivity contribution < 1.29 is 9.90 Å². The second kappa shape index (κ2) is 5.01. The van der Waals surface area contributed by atoms with Crippen molar-refractivity contribution in [2.45, 2.75) is 52.6 Å². The molecule has 1 saturated carbocycles. The molecule has 16 heavy (non-hydrogen) atoms. The van der Waals surface area contributed by atoms with Crippen LogP contribution in [0.3, 0.4) is 0 Å². The number of ketones is 1. The van der Waals surface area contributed by atoms with Crippen LogP contribution in [-0.4, -0.2) is 16.5 Å². The van der Waals surface area contributed by atoms with Gasteiger partial charge in [0.1, 0.15) is 5.60 Å². The molecule has 0 aromatic rings. The third-order valence-electron chi connectivity index (χ3n) is 3.50. The van der Waals surface area contributed by atoms with E-state index < -0.39 is 5.60 Å². The first kappa shape index (κ1) is 13.3. The molecule has 90 valence electrons. The zero-order chi connectivity index (χ0) is 12.3. The fourth-order valence-electron chi connectivity index (χ4n) is 2.71. The number of hydrogen-bond donors (Lipinski definition) is 1. The van der Waals surface area contributed by atoms with Gasteiger partial charge in [0.25, 0.3) is 0 Å². The highest BCUT2D eigenvalue weighted by Crippen LogP contribution is 2.40. The molecule has 3 atom stereocenters. The summed E-state index contributed by atoms with van der Waals surface area (Å²) in [4.78, 5) is 10.9. The Balaban J connectivity index is 2.94. The lowest BCUT2D eigenvalue weighted by Gasteiger charge is -2.41. The van der Waals surface area contributed by atoms with E-state index in [1.807, 2.05) is 0 Å². The van der Waals surface area contributed by atoms with Crippen molar-refractivity contribution in [3.63, 3.8) is 0 Å². The van der Waals surface area contributed by atoms with Gasteiger partial charge in [0.05, 0.1) is 0 Å². The van der Waals surface area contributed by atoms with E-state index in [-0.39, 0.29) is 11.7 Å². The van der Waals surface area contributed by atoms with Gasteiger partial charge in [0.2, 0.25) is 5.78 Å². The number of Topliss-reactive ketones (excluding diaryl/α,β-unsaturated/α-hetero) is 1. The monoisotopic (exact) mass is 222 g/mol. The lowest BCUT2D eigenvalue weighted by Crippen LogP contribution is -2.44. The van der Waals surface area contributed by atoms with Gasteiger partial charge in [-0.25, -0.2) is 0 Å². The van der Waals surface area contributed by atoms with Gasteiger partial charge in [-0.3, -0.25) is 4.79 Å². The minimum Gasteiger partial charge on any atom is -0.377 e. The first-order valence-electron chi connectivity index (χ1n) is 6.11. The van der Waals surface area contributed by atoms with E-state index in [0.29, 0.717) is 18.3 Å². The van der Waals surface area contributed by atoms with Crippen molar-refractivity contribution >= 4 is 5.78 Å². The average Bonchev–Trinajstić information content (AvgIpc) is 2.14. The summed E-state index contributed by atoms with van der Waals surface area (Å²) in [6, 6.07) is 0. The van der Waals surface area contributed by atoms with Gasteiger partial charge in [-0.2, -0.15) is 0 Å². The Kier molecular flexibility index (Phi) is 4.15. The van der Waals surface area contributed by atoms with Crippen molar-refractivity contribution in [1.29, 1.82) is 0 Å². The van der Waals surface area contributed by atoms with Crippen LogP contribution in [-0.2, 0) is 4.79 Å². The predicted molar refractivity (Wildman–Crippen MR) is 64.7 cm³/mol. The highest BCUT2D eigenvalue weighted by atomic mass is 16.3. The van der Waals surface area contributed by atoms with E-state index >= 15 is 0 Å². The number of hydrogen-bond acceptors (Lipinski definition) is 2. The molecule has 2 heteroatoms. The number of aliphatic hydroxyl groups is 1. The Morgan fingerprint density at radius 3 is 2.56 bits per heavy atom. The zero-order valence-electron chi connectivity index (χ0n) is 10.7. The number of carbonyl (C=O) groups excluding carboxylic acids is 1. The van der Waals surface area contributed by atoms with Crippen LogP contribution in [0.25, 0.3) is 0 Å². The van der Waals surface area contributed by atoms with E-state index in [4.69, 9.17) is 0 Å². The standard InChI is InChI=1S/C14H22O2/c1-10(2)13-6-5-11(3)9-14(13,16)8-7-12(4)15/h10-11,13,16H,5-6,9H2,1-4H3. The van der Waals surface area contributed by atoms with E-state index in [0.717, 1.165) is 12.8 Å². The SMILES string of the molecule is CC(=O)C#CC1(O)CC(C)CCC1C(C)C. The molecule has 1 rings (SSSR count). The first-order chi connectivity index (χ1) is 7.35. The molecule has 0 amide bonds. The molecule has 1 N–H and O–H groups in total. The molecular formula is C14H22O2. The van der Waals surface area contributed by atoms with Crippen molar-refractivity contribution in [2.24, 2.45) is 17.8 Å². The average molecular weight is 222 g/mol. The van der Waals surface area contributed by atoms with Gasteiger partial charge >= 0.3 is 0 Å². The number of rotatable bonds is 1. The number of carbonyl (C=O) groups is 1. The molecule has 0 aliphatic heterocycles. The van der Waals surface area contributed by atoms with Gasteiger partial charge in [0, 0.05) is 12.8 Å². The minimum absolute atomic E-state index is 0.172. The van der Waals surface area contributed by atoms with E-state index in [9.17, 15) is 9.90 Å². The lowest BCUT2D eigenvalue weighted by molar-refractivity contribution is -0.112. The normalized spacial score (nSPS) is 34.4. The van der Waals surface area contributed by atoms with Crippen molar-refractivity contribution in [2.75, 3.05) is 0 Å². The summed E-state index contributed by atoms with van der Waals surface area (Å²) in [5.41, 5.74) is -0.961. The van der Waals surface area contributed by atoms with Crippen LogP contribution >= 0.6 is 0 Å². The molecule has 0 radical (unpaired) electrons. The van der Waals surface area contributed by atoms with Gasteiger partial charge in [0.15, 0.2) is 0 Å². The molecule has 0 aromatic heterocycles. The summed E-state index contributed by atoms with van der Waals surface area (Å²) in [6.07, 6.45) is 2.84. The maximum Gasteiger partial charge on any atom is 0.202 e. The maximum atomic E-state index is 10.9. The fraction of sp³-hybridized carbons (Fsp3) is 0.786. The van der Waals surface area contributed by atoms with Gasteiger partial charge in [-0.1, -0.05) is 33.1 Å². The fourth-order valence-corrected chi connectivity index (χ4v) is 2.71. The molecule has 1 fully saturated rings. The molecule has 0 aromatic carbocycles. The maximum absolute atomic E-state index is 10.9. The molecule has 0 spiro atoms. The smallest absolute Gasteiger partial charge is 0.202 e. The Bertz CT molecular complexity index is 321. The van der Waals surface area contributed by atoms with Crippen LogP contribution in [0.5, 0.6) is 0 Å². The van der Waals surface area contributed by atoms with Crippen LogP contribution < -0.4 is 0 Å². The third kappa shape index (κ3) is 3.09. The highest BCUT2D eigenvalue weighted by molar-refractivity contribution is 5.93. The van der Waals surface area contributed by atoms with Crippen molar-refractivity contribution in [1.82, 2.24) is 0 Å². The largest absolute Gasteiger partial charge is 0.377 e. The minimum atomic E-state index is -0.961. The van der Waals surface area contributed by atoms with Crippen molar-refractivity contribution in [3.05, 3.63) is 0 Å². The summed E-state index contributed by atoms with van der Waals surface area (Å²) < 4.78 is 0. The predicted octanol–water partition coefficient (Wildman–Crippen LogP) is 2.40. The second-order valence-electron chi connectivity index (χ2n) is 5.47. The topological polar surface area (TPSA) is 37.3 Å². The second-order valence-corrected chi connectivity index (χ2v) is 5.47. The van der Waals surface area contributed by atoms with E-state index in [1.54, 1.807) is 0 Å². The quantitative estimate of drug-likeness (QED) is 0.546. The van der Waals surface area contributed by atoms with Crippen LogP contribution in [0.2, 0.25) is 0 Å². The molecule has 0 bridgehead atoms. The van der Waals surface area contributed by atoms with E-state index in [2.05, 4.69) is 32.6 Å². The van der Waals surface area contributed by atoms with Crippen LogP contribution in [0.15, 0.2) is 0 Å². The van der Waals surface area contributed by atoms with Crippen LogP contribution in [0.4, 0.5) is 0 Å². The Morgan fingerprint density at radius 1 is 1.44 bits per heavy atom. The molecule has 1 aliphatic carbocycles. The first-order valence-corrected chi connectivity index (χ1v) is 6.11. The molecule has 2 nitrogen and oxygen atoms in total. The summed E-state index contributed by atoms with van der Waals surface area (Å²) in [7, 11) is 0. The lowest BCUT2D eigenvalue weighted by atomic mass is 9.67. The molecule has 1 aliphatic rings. The molecular weight excluding hydrogens is 200 g/mol. The Labute approximate surface area is 98.4 Å². The molecule has 0 saturated heterocycles. The van der Waals surface area contributed by atoms with Crippen LogP contribution in [0.1, 0.15) is 47.0 Å². The van der Waals surface area contributed by atoms with Gasteiger partial charge < -0.3 is 5.11 Å². The molecule has 0 heterocycles. The summed E-state index contributed by atoms with van der Waals surface area (Å²) in [5, 5.41) is 10.6. The van der Waals surface area contributed by atoms with Gasteiger partial charge in [-0.15, -0.1) is 0 Å². The summed E-state index contributed by atoms with van der Waals surface area (Å²) in [6.45, 7) is 7.80. The molecule has 3 unspecified atom stereocenters. The summed E-state index contributed by atoms with van der Waals surface area (Å²) >= 11 is 0.